The first-order valence-corrected chi connectivity index (χ1v) is 9.82. The van der Waals surface area contributed by atoms with Crippen molar-refractivity contribution < 1.29 is 36.7 Å². The van der Waals surface area contributed by atoms with Gasteiger partial charge in [-0.1, -0.05) is 23.7 Å². The average Bonchev–Trinajstić information content (AvgIpc) is 3.28. The number of nitrogens with one attached hydrogen (secondary N) is 2. The highest BCUT2D eigenvalue weighted by molar-refractivity contribution is 6.33. The molecule has 3 rings (SSSR count). The number of carbonyl (C=O) groups is 3. The Bertz CT molecular complexity index is 1210. The highest BCUT2D eigenvalue weighted by atomic mass is 35.5. The number of amides is 2. The number of ether oxygens (including phenoxy) is 1. The third kappa shape index (κ3) is 5.72. The Hall–Kier alpha value is -3.79. The summed E-state index contributed by atoms with van der Waals surface area (Å²) in [5, 5.41) is 4.59. The van der Waals surface area contributed by atoms with Crippen molar-refractivity contribution in [1.82, 2.24) is 5.32 Å². The van der Waals surface area contributed by atoms with E-state index in [2.05, 4.69) is 5.32 Å². The summed E-state index contributed by atoms with van der Waals surface area (Å²) in [7, 11) is 0. The van der Waals surface area contributed by atoms with E-state index in [0.717, 1.165) is 6.07 Å². The summed E-state index contributed by atoms with van der Waals surface area (Å²) in [4.78, 5) is 36.2. The molecule has 3 aromatic rings. The van der Waals surface area contributed by atoms with Gasteiger partial charge in [0.2, 0.25) is 11.7 Å². The molecule has 2 aromatic carbocycles. The molecule has 1 aromatic heterocycles. The van der Waals surface area contributed by atoms with Crippen molar-refractivity contribution >= 4 is 35.1 Å². The third-order valence-corrected chi connectivity index (χ3v) is 4.66. The molecule has 0 aliphatic carbocycles. The Kier molecular flexibility index (Phi) is 7.39. The fraction of sp³-hybridized carbons (Fsp3) is 0.136. The maximum Gasteiger partial charge on any atom is 0.375 e. The second-order valence-corrected chi connectivity index (χ2v) is 7.09. The lowest BCUT2D eigenvalue weighted by Crippen LogP contribution is -2.40. The van der Waals surface area contributed by atoms with E-state index >= 15 is 0 Å². The number of carbonyl (C=O) groups excluding carboxylic acids is 3. The van der Waals surface area contributed by atoms with Crippen LogP contribution in [0.4, 0.5) is 18.9 Å². The first kappa shape index (κ1) is 23.9. The van der Waals surface area contributed by atoms with Gasteiger partial charge in [0, 0.05) is 5.56 Å². The van der Waals surface area contributed by atoms with Gasteiger partial charge in [0.1, 0.15) is 5.76 Å². The second-order valence-electron chi connectivity index (χ2n) is 6.68. The summed E-state index contributed by atoms with van der Waals surface area (Å²) in [6.07, 6.45) is -1.31. The van der Waals surface area contributed by atoms with E-state index in [9.17, 15) is 27.6 Å². The van der Waals surface area contributed by atoms with E-state index in [4.69, 9.17) is 20.8 Å². The zero-order chi connectivity index (χ0) is 24.1. The first-order valence-electron chi connectivity index (χ1n) is 9.44. The Balaban J connectivity index is 1.52. The zero-order valence-electron chi connectivity index (χ0n) is 17.0. The monoisotopic (exact) mass is 480 g/mol. The van der Waals surface area contributed by atoms with Crippen LogP contribution in [-0.2, 0) is 14.3 Å². The summed E-state index contributed by atoms with van der Waals surface area (Å²) in [6, 6.07) is 11.2. The number of rotatable bonds is 7. The molecule has 172 valence electrons. The van der Waals surface area contributed by atoms with Crippen molar-refractivity contribution in [3.05, 3.63) is 76.8 Å². The van der Waals surface area contributed by atoms with Crippen molar-refractivity contribution in [2.45, 2.75) is 13.0 Å². The second kappa shape index (κ2) is 10.2. The molecule has 0 fully saturated rings. The van der Waals surface area contributed by atoms with Gasteiger partial charge in [-0.2, -0.15) is 0 Å². The predicted octanol–water partition coefficient (Wildman–Crippen LogP) is 4.32. The highest BCUT2D eigenvalue weighted by Gasteiger charge is 2.22. The number of halogens is 4. The van der Waals surface area contributed by atoms with Crippen LogP contribution in [0, 0.1) is 17.5 Å². The normalized spacial score (nSPS) is 11.5. The summed E-state index contributed by atoms with van der Waals surface area (Å²) in [6.45, 7) is 0.620. The van der Waals surface area contributed by atoms with Crippen molar-refractivity contribution in [3.63, 3.8) is 0 Å². The summed E-state index contributed by atoms with van der Waals surface area (Å²) in [5.41, 5.74) is -0.0349. The van der Waals surface area contributed by atoms with Gasteiger partial charge in [0.05, 0.1) is 17.3 Å². The van der Waals surface area contributed by atoms with Gasteiger partial charge in [0.25, 0.3) is 5.91 Å². The molecule has 1 heterocycles. The van der Waals surface area contributed by atoms with Crippen molar-refractivity contribution in [3.8, 4) is 11.3 Å². The zero-order valence-corrected chi connectivity index (χ0v) is 17.7. The fourth-order valence-corrected chi connectivity index (χ4v) is 2.88. The number of hydrogen-bond donors (Lipinski definition) is 2. The summed E-state index contributed by atoms with van der Waals surface area (Å²) < 4.78 is 50.2. The topological polar surface area (TPSA) is 97.6 Å². The molecule has 0 aliphatic rings. The minimum atomic E-state index is -1.74. The Morgan fingerprint density at radius 1 is 1.03 bits per heavy atom. The lowest BCUT2D eigenvalue weighted by Gasteiger charge is -2.13. The minimum Gasteiger partial charge on any atom is -0.449 e. The van der Waals surface area contributed by atoms with Gasteiger partial charge in [-0.05, 0) is 43.3 Å². The van der Waals surface area contributed by atoms with Crippen LogP contribution in [0.2, 0.25) is 5.02 Å². The Labute approximate surface area is 190 Å². The molecule has 1 atom stereocenters. The predicted molar refractivity (Wildman–Crippen MR) is 112 cm³/mol. The molecule has 0 spiro atoms. The third-order valence-electron chi connectivity index (χ3n) is 4.33. The lowest BCUT2D eigenvalue weighted by molar-refractivity contribution is -0.130. The number of furan rings is 1. The molecule has 2 amide bonds. The number of anilines is 1. The van der Waals surface area contributed by atoms with Gasteiger partial charge in [-0.15, -0.1) is 0 Å². The first-order chi connectivity index (χ1) is 15.7. The smallest absolute Gasteiger partial charge is 0.375 e. The molecule has 0 saturated heterocycles. The van der Waals surface area contributed by atoms with Crippen molar-refractivity contribution in [2.24, 2.45) is 0 Å². The quantitative estimate of drug-likeness (QED) is 0.388. The molecular weight excluding hydrogens is 465 g/mol. The minimum absolute atomic E-state index is 0.170. The SMILES string of the molecule is CC(OC(=O)c1ccc(-c2ccccc2Cl)o1)C(=O)NCC(=O)Nc1ccc(F)c(F)c1F. The van der Waals surface area contributed by atoms with Crippen LogP contribution in [0.1, 0.15) is 17.5 Å². The molecule has 7 nitrogen and oxygen atoms in total. The van der Waals surface area contributed by atoms with E-state index in [-0.39, 0.29) is 5.76 Å². The van der Waals surface area contributed by atoms with E-state index in [1.807, 2.05) is 5.32 Å². The summed E-state index contributed by atoms with van der Waals surface area (Å²) in [5.74, 6) is -7.25. The largest absolute Gasteiger partial charge is 0.449 e. The number of esters is 1. The van der Waals surface area contributed by atoms with Crippen LogP contribution in [0.15, 0.2) is 52.9 Å². The summed E-state index contributed by atoms with van der Waals surface area (Å²) >= 11 is 6.09. The maximum absolute atomic E-state index is 13.6. The van der Waals surface area contributed by atoms with Gasteiger partial charge in [-0.25, -0.2) is 18.0 Å². The maximum atomic E-state index is 13.6. The Morgan fingerprint density at radius 3 is 2.48 bits per heavy atom. The van der Waals surface area contributed by atoms with E-state index in [0.29, 0.717) is 22.4 Å². The van der Waals surface area contributed by atoms with E-state index in [1.54, 1.807) is 24.3 Å². The van der Waals surface area contributed by atoms with E-state index < -0.39 is 53.6 Å². The van der Waals surface area contributed by atoms with Crippen LogP contribution >= 0.6 is 11.6 Å². The van der Waals surface area contributed by atoms with Gasteiger partial charge >= 0.3 is 5.97 Å². The molecule has 0 saturated carbocycles. The molecular formula is C22H16ClF3N2O5. The molecule has 0 aliphatic heterocycles. The van der Waals surface area contributed by atoms with Gasteiger partial charge in [-0.3, -0.25) is 9.59 Å². The fourth-order valence-electron chi connectivity index (χ4n) is 2.65. The van der Waals surface area contributed by atoms with Crippen molar-refractivity contribution in [2.75, 3.05) is 11.9 Å². The number of hydrogen-bond acceptors (Lipinski definition) is 5. The molecule has 11 heteroatoms. The lowest BCUT2D eigenvalue weighted by atomic mass is 10.2. The van der Waals surface area contributed by atoms with E-state index in [1.165, 1.54) is 19.1 Å². The number of benzene rings is 2. The van der Waals surface area contributed by atoms with Crippen LogP contribution in [0.25, 0.3) is 11.3 Å². The molecule has 33 heavy (non-hydrogen) atoms. The van der Waals surface area contributed by atoms with Crippen molar-refractivity contribution in [1.29, 1.82) is 0 Å². The van der Waals surface area contributed by atoms with Crippen LogP contribution in [-0.4, -0.2) is 30.4 Å². The van der Waals surface area contributed by atoms with Crippen LogP contribution in [0.3, 0.4) is 0 Å². The van der Waals surface area contributed by atoms with Crippen LogP contribution < -0.4 is 10.6 Å². The van der Waals surface area contributed by atoms with Gasteiger partial charge < -0.3 is 19.8 Å². The van der Waals surface area contributed by atoms with Gasteiger partial charge in [0.15, 0.2) is 23.6 Å². The average molecular weight is 481 g/mol. The molecule has 1 unspecified atom stereocenters. The molecule has 2 N–H and O–H groups in total. The Morgan fingerprint density at radius 2 is 1.76 bits per heavy atom. The highest BCUT2D eigenvalue weighted by Crippen LogP contribution is 2.29. The molecule has 0 bridgehead atoms. The standard InChI is InChI=1S/C22H16ClF3N2O5/c1-11(21(30)27-10-18(29)28-15-7-6-14(24)19(25)20(15)26)32-22(31)17-9-8-16(33-17)12-4-2-3-5-13(12)23/h2-9,11H,10H2,1H3,(H,27,30)(H,28,29). The van der Waals surface area contributed by atoms with Crippen LogP contribution in [0.5, 0.6) is 0 Å². The molecule has 0 radical (unpaired) electrons.